The molecule has 0 aromatic carbocycles. The standard InChI is InChI=1S/C16H19N3O2/c20-16(21)14-15(17-13-3-1-2-8-19(13)14)18(9-11-4-5-11)10-12-6-7-12/h1-3,8,11-12H,4-7,9-10H2,(H,20,21). The molecule has 2 fully saturated rings. The Hall–Kier alpha value is -2.04. The molecule has 0 bridgehead atoms. The van der Waals surface area contributed by atoms with E-state index in [-0.39, 0.29) is 0 Å². The zero-order valence-electron chi connectivity index (χ0n) is 11.9. The van der Waals surface area contributed by atoms with Crippen LogP contribution in [0.2, 0.25) is 0 Å². The molecule has 2 saturated carbocycles. The van der Waals surface area contributed by atoms with Crippen molar-refractivity contribution in [3.63, 3.8) is 0 Å². The van der Waals surface area contributed by atoms with Gasteiger partial charge in [-0.2, -0.15) is 0 Å². The summed E-state index contributed by atoms with van der Waals surface area (Å²) in [6.07, 6.45) is 6.82. The number of anilines is 1. The van der Waals surface area contributed by atoms with Crippen molar-refractivity contribution in [2.24, 2.45) is 11.8 Å². The van der Waals surface area contributed by atoms with Gasteiger partial charge in [0.2, 0.25) is 0 Å². The van der Waals surface area contributed by atoms with Gasteiger partial charge in [0.25, 0.3) is 0 Å². The molecule has 110 valence electrons. The molecule has 2 aromatic heterocycles. The molecule has 0 atom stereocenters. The number of carboxylic acids is 1. The van der Waals surface area contributed by atoms with Crippen LogP contribution in [0.4, 0.5) is 5.82 Å². The molecule has 0 amide bonds. The molecule has 21 heavy (non-hydrogen) atoms. The first kappa shape index (κ1) is 12.7. The highest BCUT2D eigenvalue weighted by Gasteiger charge is 2.33. The third kappa shape index (κ3) is 2.48. The van der Waals surface area contributed by atoms with Crippen LogP contribution in [0.5, 0.6) is 0 Å². The summed E-state index contributed by atoms with van der Waals surface area (Å²) >= 11 is 0. The zero-order valence-corrected chi connectivity index (χ0v) is 11.9. The molecule has 5 nitrogen and oxygen atoms in total. The first-order valence-corrected chi connectivity index (χ1v) is 7.67. The number of nitrogens with zero attached hydrogens (tertiary/aromatic N) is 3. The molecule has 4 rings (SSSR count). The Bertz CT molecular complexity index is 672. The average Bonchev–Trinajstić information content (AvgIpc) is 3.38. The summed E-state index contributed by atoms with van der Waals surface area (Å²) in [6, 6.07) is 5.60. The lowest BCUT2D eigenvalue weighted by atomic mass is 10.3. The smallest absolute Gasteiger partial charge is 0.356 e. The van der Waals surface area contributed by atoms with Crippen molar-refractivity contribution < 1.29 is 9.90 Å². The Morgan fingerprint density at radius 2 is 1.90 bits per heavy atom. The van der Waals surface area contributed by atoms with E-state index in [2.05, 4.69) is 9.88 Å². The molecule has 2 aromatic rings. The normalized spacial score (nSPS) is 18.1. The monoisotopic (exact) mass is 285 g/mol. The molecular weight excluding hydrogens is 266 g/mol. The number of pyridine rings is 1. The lowest BCUT2D eigenvalue weighted by Gasteiger charge is -2.23. The maximum absolute atomic E-state index is 11.7. The number of fused-ring (bicyclic) bond motifs is 1. The summed E-state index contributed by atoms with van der Waals surface area (Å²) < 4.78 is 1.68. The molecule has 0 radical (unpaired) electrons. The molecule has 0 saturated heterocycles. The third-order valence-corrected chi connectivity index (χ3v) is 4.36. The lowest BCUT2D eigenvalue weighted by Crippen LogP contribution is -2.30. The van der Waals surface area contributed by atoms with Crippen LogP contribution in [0.15, 0.2) is 24.4 Å². The van der Waals surface area contributed by atoms with Gasteiger partial charge < -0.3 is 10.0 Å². The number of carbonyl (C=O) groups is 1. The van der Waals surface area contributed by atoms with Gasteiger partial charge in [-0.1, -0.05) is 6.07 Å². The summed E-state index contributed by atoms with van der Waals surface area (Å²) in [5.41, 5.74) is 1.01. The van der Waals surface area contributed by atoms with Crippen molar-refractivity contribution in [3.8, 4) is 0 Å². The molecule has 0 spiro atoms. The topological polar surface area (TPSA) is 57.8 Å². The SMILES string of the molecule is O=C(O)c1c(N(CC2CC2)CC2CC2)nc2ccccn12. The predicted octanol–water partition coefficient (Wildman–Crippen LogP) is 2.66. The van der Waals surface area contributed by atoms with E-state index in [0.29, 0.717) is 17.2 Å². The quantitative estimate of drug-likeness (QED) is 0.886. The number of hydrogen-bond acceptors (Lipinski definition) is 3. The molecule has 2 aliphatic carbocycles. The minimum atomic E-state index is -0.903. The minimum Gasteiger partial charge on any atom is -0.476 e. The van der Waals surface area contributed by atoms with E-state index in [1.807, 2.05) is 18.2 Å². The number of aromatic nitrogens is 2. The molecule has 0 aliphatic heterocycles. The maximum atomic E-state index is 11.7. The Kier molecular flexibility index (Phi) is 2.87. The fraction of sp³-hybridized carbons (Fsp3) is 0.500. The van der Waals surface area contributed by atoms with Gasteiger partial charge in [-0.05, 0) is 49.7 Å². The second-order valence-corrected chi connectivity index (χ2v) is 6.31. The molecule has 1 N–H and O–H groups in total. The van der Waals surface area contributed by atoms with Crippen LogP contribution in [-0.4, -0.2) is 33.6 Å². The molecular formula is C16H19N3O2. The van der Waals surface area contributed by atoms with Crippen molar-refractivity contribution in [1.82, 2.24) is 9.38 Å². The lowest BCUT2D eigenvalue weighted by molar-refractivity contribution is 0.0690. The van der Waals surface area contributed by atoms with E-state index in [1.165, 1.54) is 25.7 Å². The first-order valence-electron chi connectivity index (χ1n) is 7.67. The summed E-state index contributed by atoms with van der Waals surface area (Å²) in [7, 11) is 0. The summed E-state index contributed by atoms with van der Waals surface area (Å²) in [5.74, 6) is 1.18. The van der Waals surface area contributed by atoms with Crippen molar-refractivity contribution in [1.29, 1.82) is 0 Å². The van der Waals surface area contributed by atoms with Gasteiger partial charge in [0.05, 0.1) is 0 Å². The highest BCUT2D eigenvalue weighted by molar-refractivity contribution is 5.93. The van der Waals surface area contributed by atoms with Gasteiger partial charge in [-0.3, -0.25) is 4.40 Å². The van der Waals surface area contributed by atoms with Crippen LogP contribution in [0.1, 0.15) is 36.2 Å². The van der Waals surface area contributed by atoms with Crippen molar-refractivity contribution in [2.75, 3.05) is 18.0 Å². The van der Waals surface area contributed by atoms with E-state index < -0.39 is 5.97 Å². The Balaban J connectivity index is 1.77. The third-order valence-electron chi connectivity index (χ3n) is 4.36. The maximum Gasteiger partial charge on any atom is 0.356 e. The number of rotatable bonds is 6. The van der Waals surface area contributed by atoms with Crippen molar-refractivity contribution in [3.05, 3.63) is 30.1 Å². The number of imidazole rings is 1. The first-order chi connectivity index (χ1) is 10.2. The van der Waals surface area contributed by atoms with Crippen LogP contribution in [-0.2, 0) is 0 Å². The minimum absolute atomic E-state index is 0.298. The van der Waals surface area contributed by atoms with Gasteiger partial charge in [-0.25, -0.2) is 9.78 Å². The van der Waals surface area contributed by atoms with Gasteiger partial charge >= 0.3 is 5.97 Å². The van der Waals surface area contributed by atoms with Gasteiger partial charge in [0.1, 0.15) is 5.65 Å². The van der Waals surface area contributed by atoms with Gasteiger partial charge in [-0.15, -0.1) is 0 Å². The van der Waals surface area contributed by atoms with Gasteiger partial charge in [0, 0.05) is 19.3 Å². The van der Waals surface area contributed by atoms with E-state index in [1.54, 1.807) is 10.6 Å². The second kappa shape index (κ2) is 4.76. The summed E-state index contributed by atoms with van der Waals surface area (Å²) in [5, 5.41) is 9.61. The number of aromatic carboxylic acids is 1. The fourth-order valence-corrected chi connectivity index (χ4v) is 2.87. The Labute approximate surface area is 123 Å². The second-order valence-electron chi connectivity index (χ2n) is 6.31. The molecule has 2 heterocycles. The highest BCUT2D eigenvalue weighted by atomic mass is 16.4. The number of hydrogen-bond donors (Lipinski definition) is 1. The van der Waals surface area contributed by atoms with Gasteiger partial charge in [0.15, 0.2) is 11.5 Å². The van der Waals surface area contributed by atoms with Crippen molar-refractivity contribution in [2.45, 2.75) is 25.7 Å². The van der Waals surface area contributed by atoms with E-state index in [9.17, 15) is 9.90 Å². The molecule has 5 heteroatoms. The Morgan fingerprint density at radius 1 is 1.24 bits per heavy atom. The van der Waals surface area contributed by atoms with Crippen LogP contribution in [0, 0.1) is 11.8 Å². The van der Waals surface area contributed by atoms with E-state index in [4.69, 9.17) is 0 Å². The largest absolute Gasteiger partial charge is 0.476 e. The molecule has 2 aliphatic rings. The molecule has 0 unspecified atom stereocenters. The van der Waals surface area contributed by atoms with E-state index in [0.717, 1.165) is 24.9 Å². The summed E-state index contributed by atoms with van der Waals surface area (Å²) in [4.78, 5) is 18.5. The van der Waals surface area contributed by atoms with E-state index >= 15 is 0 Å². The number of carboxylic acid groups (broad SMARTS) is 1. The van der Waals surface area contributed by atoms with Crippen LogP contribution < -0.4 is 4.90 Å². The van der Waals surface area contributed by atoms with Crippen LogP contribution in [0.3, 0.4) is 0 Å². The average molecular weight is 285 g/mol. The fourth-order valence-electron chi connectivity index (χ4n) is 2.87. The van der Waals surface area contributed by atoms with Crippen LogP contribution >= 0.6 is 0 Å². The highest BCUT2D eigenvalue weighted by Crippen LogP contribution is 2.36. The Morgan fingerprint density at radius 3 is 2.48 bits per heavy atom. The zero-order chi connectivity index (χ0) is 14.4. The predicted molar refractivity (Wildman–Crippen MR) is 79.8 cm³/mol. The van der Waals surface area contributed by atoms with Crippen molar-refractivity contribution >= 4 is 17.4 Å². The summed E-state index contributed by atoms with van der Waals surface area (Å²) in [6.45, 7) is 1.89. The van der Waals surface area contributed by atoms with Crippen LogP contribution in [0.25, 0.3) is 5.65 Å².